The molecule has 2 aromatic heterocycles. The Hall–Kier alpha value is -1.88. The number of rotatable bonds is 3. The number of pyridine rings is 2. The van der Waals surface area contributed by atoms with Gasteiger partial charge in [-0.25, -0.2) is 4.98 Å². The molecule has 0 aliphatic carbocycles. The summed E-state index contributed by atoms with van der Waals surface area (Å²) < 4.78 is 0.875. The number of hydrogen-bond donors (Lipinski definition) is 1. The van der Waals surface area contributed by atoms with Gasteiger partial charge >= 0.3 is 0 Å². The Balaban J connectivity index is 2.38. The number of nitrogen functional groups attached to an aromatic ring is 1. The van der Waals surface area contributed by atoms with Gasteiger partial charge < -0.3 is 10.6 Å². The molecular weight excluding hydrogens is 304 g/mol. The van der Waals surface area contributed by atoms with E-state index in [9.17, 15) is 0 Å². The van der Waals surface area contributed by atoms with Crippen LogP contribution in [0.25, 0.3) is 17.0 Å². The minimum absolute atomic E-state index is 0.467. The lowest BCUT2D eigenvalue weighted by Crippen LogP contribution is -2.08. The topological polar surface area (TPSA) is 55.0 Å². The lowest BCUT2D eigenvalue weighted by molar-refractivity contribution is 0.593. The second kappa shape index (κ2) is 5.40. The maximum Gasteiger partial charge on any atom is 0.132 e. The Morgan fingerprint density at radius 3 is 2.58 bits per heavy atom. The number of anilines is 1. The number of nitrogens with zero attached hydrogens (tertiary/aromatic N) is 3. The van der Waals surface area contributed by atoms with E-state index in [0.29, 0.717) is 5.82 Å². The maximum atomic E-state index is 5.87. The molecule has 2 N–H and O–H groups in total. The molecule has 0 aliphatic rings. The van der Waals surface area contributed by atoms with Crippen LogP contribution in [0.3, 0.4) is 0 Å². The highest BCUT2D eigenvalue weighted by Crippen LogP contribution is 2.26. The smallest absolute Gasteiger partial charge is 0.132 e. The van der Waals surface area contributed by atoms with Crippen molar-refractivity contribution >= 4 is 27.4 Å². The highest BCUT2D eigenvalue weighted by atomic mass is 79.9. The molecule has 0 unspecified atom stereocenters. The van der Waals surface area contributed by atoms with Crippen molar-refractivity contribution < 1.29 is 0 Å². The van der Waals surface area contributed by atoms with Crippen LogP contribution in [0.1, 0.15) is 5.56 Å². The third-order valence-corrected chi connectivity index (χ3v) is 3.23. The molecular formula is C14H15BrN4. The summed E-state index contributed by atoms with van der Waals surface area (Å²) in [5, 5.41) is 0. The normalized spacial score (nSPS) is 10.3. The van der Waals surface area contributed by atoms with Crippen LogP contribution in [0.5, 0.6) is 0 Å². The molecule has 0 aliphatic heterocycles. The molecule has 4 nitrogen and oxygen atoms in total. The predicted molar refractivity (Wildman–Crippen MR) is 82.3 cm³/mol. The van der Waals surface area contributed by atoms with Crippen LogP contribution < -0.4 is 5.73 Å². The van der Waals surface area contributed by atoms with E-state index in [1.54, 1.807) is 12.4 Å². The minimum Gasteiger partial charge on any atom is -0.383 e. The molecule has 0 aromatic carbocycles. The Bertz CT molecular complexity index is 605. The maximum absolute atomic E-state index is 5.87. The summed E-state index contributed by atoms with van der Waals surface area (Å²) in [6, 6.07) is 5.81. The Labute approximate surface area is 121 Å². The van der Waals surface area contributed by atoms with E-state index in [0.717, 1.165) is 27.0 Å². The summed E-state index contributed by atoms with van der Waals surface area (Å²) in [5.74, 6) is 0.467. The van der Waals surface area contributed by atoms with Crippen LogP contribution in [0.2, 0.25) is 0 Å². The highest BCUT2D eigenvalue weighted by molar-refractivity contribution is 9.10. The fourth-order valence-corrected chi connectivity index (χ4v) is 1.97. The van der Waals surface area contributed by atoms with Crippen molar-refractivity contribution in [3.05, 3.63) is 47.2 Å². The van der Waals surface area contributed by atoms with E-state index in [2.05, 4.69) is 32.5 Å². The number of nitrogens with two attached hydrogens (primary N) is 1. The van der Waals surface area contributed by atoms with Gasteiger partial charge in [0.1, 0.15) is 5.82 Å². The molecule has 0 amide bonds. The first-order valence-corrected chi connectivity index (χ1v) is 6.52. The Morgan fingerprint density at radius 1 is 1.26 bits per heavy atom. The van der Waals surface area contributed by atoms with Gasteiger partial charge in [0.25, 0.3) is 0 Å². The lowest BCUT2D eigenvalue weighted by Gasteiger charge is -2.15. The SMILES string of the molecule is C=C(c1ccc(-c2cc(Br)cnc2N)nc1)N(C)C. The van der Waals surface area contributed by atoms with E-state index in [4.69, 9.17) is 5.73 Å². The summed E-state index contributed by atoms with van der Waals surface area (Å²) >= 11 is 3.38. The van der Waals surface area contributed by atoms with E-state index < -0.39 is 0 Å². The zero-order valence-electron chi connectivity index (χ0n) is 10.9. The zero-order chi connectivity index (χ0) is 14.0. The molecule has 5 heteroatoms. The van der Waals surface area contributed by atoms with Crippen molar-refractivity contribution in [2.24, 2.45) is 0 Å². The van der Waals surface area contributed by atoms with Crippen LogP contribution in [-0.2, 0) is 0 Å². The zero-order valence-corrected chi connectivity index (χ0v) is 12.5. The van der Waals surface area contributed by atoms with Crippen LogP contribution in [-0.4, -0.2) is 29.0 Å². The van der Waals surface area contributed by atoms with Crippen LogP contribution in [0.4, 0.5) is 5.82 Å². The molecule has 2 heterocycles. The average Bonchev–Trinajstić information content (AvgIpc) is 2.41. The monoisotopic (exact) mass is 318 g/mol. The fraction of sp³-hybridized carbons (Fsp3) is 0.143. The van der Waals surface area contributed by atoms with Gasteiger partial charge in [-0.05, 0) is 34.1 Å². The highest BCUT2D eigenvalue weighted by Gasteiger charge is 2.07. The largest absolute Gasteiger partial charge is 0.383 e. The molecule has 0 spiro atoms. The molecule has 0 saturated carbocycles. The summed E-state index contributed by atoms with van der Waals surface area (Å²) in [6.45, 7) is 4.00. The number of aromatic nitrogens is 2. The first-order valence-electron chi connectivity index (χ1n) is 5.73. The summed E-state index contributed by atoms with van der Waals surface area (Å²) in [4.78, 5) is 10.5. The quantitative estimate of drug-likeness (QED) is 0.945. The van der Waals surface area contributed by atoms with Crippen molar-refractivity contribution in [3.63, 3.8) is 0 Å². The second-order valence-electron chi connectivity index (χ2n) is 4.36. The minimum atomic E-state index is 0.467. The van der Waals surface area contributed by atoms with E-state index >= 15 is 0 Å². The van der Waals surface area contributed by atoms with Crippen molar-refractivity contribution in [3.8, 4) is 11.3 Å². The summed E-state index contributed by atoms with van der Waals surface area (Å²) in [5.41, 5.74) is 9.38. The van der Waals surface area contributed by atoms with Crippen LogP contribution >= 0.6 is 15.9 Å². The molecule has 0 atom stereocenters. The van der Waals surface area contributed by atoms with Gasteiger partial charge in [-0.2, -0.15) is 0 Å². The van der Waals surface area contributed by atoms with Crippen molar-refractivity contribution in [2.75, 3.05) is 19.8 Å². The molecule has 0 radical (unpaired) electrons. The van der Waals surface area contributed by atoms with Gasteiger partial charge in [0.15, 0.2) is 0 Å². The van der Waals surface area contributed by atoms with Gasteiger partial charge in [-0.3, -0.25) is 4.98 Å². The standard InChI is InChI=1S/C14H15BrN4/c1-9(19(2)3)10-4-5-13(17-7-10)12-6-11(15)8-18-14(12)16/h4-8H,1H2,2-3H3,(H2,16,18). The van der Waals surface area contributed by atoms with Crippen molar-refractivity contribution in [2.45, 2.75) is 0 Å². The van der Waals surface area contributed by atoms with Gasteiger partial charge in [-0.15, -0.1) is 0 Å². The van der Waals surface area contributed by atoms with Gasteiger partial charge in [0, 0.05) is 47.8 Å². The van der Waals surface area contributed by atoms with E-state index in [1.165, 1.54) is 0 Å². The fourth-order valence-electron chi connectivity index (χ4n) is 1.64. The first kappa shape index (κ1) is 13.5. The second-order valence-corrected chi connectivity index (χ2v) is 5.28. The molecule has 19 heavy (non-hydrogen) atoms. The van der Waals surface area contributed by atoms with E-state index in [-0.39, 0.29) is 0 Å². The van der Waals surface area contributed by atoms with Gasteiger partial charge in [0.2, 0.25) is 0 Å². The molecule has 2 aromatic rings. The van der Waals surface area contributed by atoms with Crippen LogP contribution in [0.15, 0.2) is 41.6 Å². The lowest BCUT2D eigenvalue weighted by atomic mass is 10.1. The predicted octanol–water partition coefficient (Wildman–Crippen LogP) is 3.02. The summed E-state index contributed by atoms with van der Waals surface area (Å²) in [7, 11) is 3.90. The van der Waals surface area contributed by atoms with Crippen molar-refractivity contribution in [1.29, 1.82) is 0 Å². The average molecular weight is 319 g/mol. The molecule has 2 rings (SSSR count). The molecule has 98 valence electrons. The molecule has 0 fully saturated rings. The summed E-state index contributed by atoms with van der Waals surface area (Å²) in [6.07, 6.45) is 3.46. The Kier molecular flexibility index (Phi) is 3.85. The molecule has 0 bridgehead atoms. The van der Waals surface area contributed by atoms with Gasteiger partial charge in [0.05, 0.1) is 5.69 Å². The Morgan fingerprint density at radius 2 is 2.00 bits per heavy atom. The third-order valence-electron chi connectivity index (χ3n) is 2.80. The van der Waals surface area contributed by atoms with Crippen molar-refractivity contribution in [1.82, 2.24) is 14.9 Å². The number of halogens is 1. The number of hydrogen-bond acceptors (Lipinski definition) is 4. The van der Waals surface area contributed by atoms with Crippen LogP contribution in [0, 0.1) is 0 Å². The van der Waals surface area contributed by atoms with E-state index in [1.807, 2.05) is 37.2 Å². The molecule has 0 saturated heterocycles. The van der Waals surface area contributed by atoms with Gasteiger partial charge in [-0.1, -0.05) is 6.58 Å². The third kappa shape index (κ3) is 2.93. The first-order chi connectivity index (χ1) is 8.99.